The molecule has 0 saturated heterocycles. The molecule has 1 amide bonds. The Labute approximate surface area is 182 Å². The summed E-state index contributed by atoms with van der Waals surface area (Å²) in [7, 11) is 0. The highest BCUT2D eigenvalue weighted by Gasteiger charge is 2.30. The number of hydrogen-bond donors (Lipinski definition) is 1. The lowest BCUT2D eigenvalue weighted by atomic mass is 9.89. The molecule has 0 atom stereocenters. The molecule has 6 rings (SSSR count). The van der Waals surface area contributed by atoms with Crippen LogP contribution in [0, 0.1) is 5.41 Å². The van der Waals surface area contributed by atoms with E-state index in [-0.39, 0.29) is 5.91 Å². The topological polar surface area (TPSA) is 72.7 Å². The number of nitrogens with zero attached hydrogens (tertiary/aromatic N) is 4. The van der Waals surface area contributed by atoms with E-state index in [2.05, 4.69) is 34.2 Å². The van der Waals surface area contributed by atoms with Crippen molar-refractivity contribution in [1.82, 2.24) is 25.1 Å². The van der Waals surface area contributed by atoms with Crippen molar-refractivity contribution in [2.24, 2.45) is 5.41 Å². The fourth-order valence-corrected chi connectivity index (χ4v) is 5.50. The van der Waals surface area contributed by atoms with Gasteiger partial charge < -0.3 is 5.32 Å². The number of aryl methyl sites for hydroxylation is 2. The van der Waals surface area contributed by atoms with Crippen LogP contribution in [0.15, 0.2) is 30.7 Å². The van der Waals surface area contributed by atoms with Gasteiger partial charge in [0.2, 0.25) is 0 Å². The lowest BCUT2D eigenvalue weighted by Gasteiger charge is -2.22. The van der Waals surface area contributed by atoms with E-state index in [1.807, 2.05) is 18.5 Å². The quantitative estimate of drug-likeness (QED) is 0.691. The third-order valence-electron chi connectivity index (χ3n) is 7.25. The molecular weight excluding hydrogens is 386 g/mol. The minimum absolute atomic E-state index is 0.0512. The second kappa shape index (κ2) is 7.01. The van der Waals surface area contributed by atoms with Crippen molar-refractivity contribution < 1.29 is 4.79 Å². The van der Waals surface area contributed by atoms with Crippen molar-refractivity contribution in [3.05, 3.63) is 53.2 Å². The van der Waals surface area contributed by atoms with E-state index in [1.165, 1.54) is 36.9 Å². The molecule has 1 N–H and O–H groups in total. The number of carbonyl (C=O) groups excluding carboxylic acids is 1. The highest BCUT2D eigenvalue weighted by Crippen LogP contribution is 2.40. The first-order valence-corrected chi connectivity index (χ1v) is 11.4. The third-order valence-corrected chi connectivity index (χ3v) is 7.25. The van der Waals surface area contributed by atoms with Crippen molar-refractivity contribution in [2.45, 2.75) is 65.0 Å². The fourth-order valence-electron chi connectivity index (χ4n) is 5.50. The summed E-state index contributed by atoms with van der Waals surface area (Å²) in [6.45, 7) is 3.84. The molecule has 1 saturated carbocycles. The van der Waals surface area contributed by atoms with Gasteiger partial charge in [-0.2, -0.15) is 5.10 Å². The molecule has 3 aromatic heterocycles. The Balaban J connectivity index is 1.43. The first-order valence-electron chi connectivity index (χ1n) is 11.4. The molecule has 0 bridgehead atoms. The maximum Gasteiger partial charge on any atom is 0.253 e. The van der Waals surface area contributed by atoms with Crippen LogP contribution in [0.25, 0.3) is 22.4 Å². The zero-order valence-corrected chi connectivity index (χ0v) is 17.9. The summed E-state index contributed by atoms with van der Waals surface area (Å²) in [5.74, 6) is -0.0512. The second-order valence-corrected chi connectivity index (χ2v) is 9.69. The van der Waals surface area contributed by atoms with Gasteiger partial charge in [-0.1, -0.05) is 19.8 Å². The number of pyridine rings is 2. The summed E-state index contributed by atoms with van der Waals surface area (Å²) in [5, 5.41) is 7.57. The van der Waals surface area contributed by atoms with Crippen LogP contribution in [-0.4, -0.2) is 25.7 Å². The number of aromatic nitrogens is 4. The van der Waals surface area contributed by atoms with E-state index in [1.54, 1.807) is 0 Å². The number of nitrogens with one attached hydrogen (secondary N) is 1. The Kier molecular flexibility index (Phi) is 4.23. The van der Waals surface area contributed by atoms with Crippen molar-refractivity contribution in [1.29, 1.82) is 0 Å². The Morgan fingerprint density at radius 2 is 1.90 bits per heavy atom. The summed E-state index contributed by atoms with van der Waals surface area (Å²) in [4.78, 5) is 21.8. The maximum atomic E-state index is 12.2. The van der Waals surface area contributed by atoms with Crippen LogP contribution >= 0.6 is 0 Å². The standard InChI is InChI=1S/C25H27N5O/c1-25(7-2-3-8-25)15-30-14-18(12-28-30)19-9-16-5-4-6-21(16)29-23(19)17-10-20-22(26-11-17)13-27-24(20)31/h9-12,14H,2-8,13,15H2,1H3,(H,27,31). The zero-order chi connectivity index (χ0) is 21.0. The lowest BCUT2D eigenvalue weighted by Crippen LogP contribution is -2.19. The highest BCUT2D eigenvalue weighted by atomic mass is 16.1. The van der Waals surface area contributed by atoms with Gasteiger partial charge in [-0.05, 0) is 55.2 Å². The number of rotatable bonds is 4. The summed E-state index contributed by atoms with van der Waals surface area (Å²) < 4.78 is 2.10. The van der Waals surface area contributed by atoms with E-state index in [9.17, 15) is 4.79 Å². The van der Waals surface area contributed by atoms with Crippen molar-refractivity contribution in [3.63, 3.8) is 0 Å². The van der Waals surface area contributed by atoms with E-state index in [0.717, 1.165) is 53.9 Å². The fraction of sp³-hybridized carbons (Fsp3) is 0.440. The Hall–Kier alpha value is -3.02. The van der Waals surface area contributed by atoms with Crippen molar-refractivity contribution >= 4 is 5.91 Å². The van der Waals surface area contributed by atoms with Gasteiger partial charge in [0.1, 0.15) is 0 Å². The predicted molar refractivity (Wildman–Crippen MR) is 118 cm³/mol. The van der Waals surface area contributed by atoms with E-state index >= 15 is 0 Å². The van der Waals surface area contributed by atoms with E-state index in [4.69, 9.17) is 10.1 Å². The third kappa shape index (κ3) is 3.25. The van der Waals surface area contributed by atoms with Crippen LogP contribution in [0.1, 0.15) is 66.3 Å². The van der Waals surface area contributed by atoms with Crippen LogP contribution in [0.2, 0.25) is 0 Å². The molecule has 3 aromatic rings. The molecule has 1 aliphatic heterocycles. The van der Waals surface area contributed by atoms with E-state index in [0.29, 0.717) is 17.5 Å². The minimum atomic E-state index is -0.0512. The smallest absolute Gasteiger partial charge is 0.253 e. The number of hydrogen-bond acceptors (Lipinski definition) is 4. The molecule has 158 valence electrons. The average molecular weight is 414 g/mol. The van der Waals surface area contributed by atoms with E-state index < -0.39 is 0 Å². The largest absolute Gasteiger partial charge is 0.346 e. The number of amides is 1. The van der Waals surface area contributed by atoms with Crippen molar-refractivity contribution in [3.8, 4) is 22.4 Å². The molecule has 3 aliphatic rings. The van der Waals surface area contributed by atoms with Crippen LogP contribution in [0.5, 0.6) is 0 Å². The molecule has 1 fully saturated rings. The molecule has 6 nitrogen and oxygen atoms in total. The van der Waals surface area contributed by atoms with Crippen molar-refractivity contribution in [2.75, 3.05) is 0 Å². The Morgan fingerprint density at radius 3 is 2.77 bits per heavy atom. The molecule has 0 aromatic carbocycles. The van der Waals surface area contributed by atoms with Gasteiger partial charge in [-0.15, -0.1) is 0 Å². The summed E-state index contributed by atoms with van der Waals surface area (Å²) >= 11 is 0. The van der Waals surface area contributed by atoms with Gasteiger partial charge in [-0.25, -0.2) is 0 Å². The molecule has 2 aliphatic carbocycles. The van der Waals surface area contributed by atoms with Gasteiger partial charge >= 0.3 is 0 Å². The van der Waals surface area contributed by atoms with Gasteiger partial charge in [0, 0.05) is 41.3 Å². The molecular formula is C25H27N5O. The Morgan fingerprint density at radius 1 is 1.03 bits per heavy atom. The van der Waals surface area contributed by atoms with Crippen LogP contribution in [-0.2, 0) is 25.9 Å². The zero-order valence-electron chi connectivity index (χ0n) is 17.9. The monoisotopic (exact) mass is 413 g/mol. The minimum Gasteiger partial charge on any atom is -0.346 e. The molecule has 4 heterocycles. The molecule has 0 spiro atoms. The summed E-state index contributed by atoms with van der Waals surface area (Å²) in [6, 6.07) is 4.23. The molecule has 0 radical (unpaired) electrons. The van der Waals surface area contributed by atoms with Gasteiger partial charge in [0.15, 0.2) is 0 Å². The SMILES string of the molecule is CC1(Cn2cc(-c3cc4c(nc3-c3cnc5c(c3)C(=O)NC5)CCC4)cn2)CCCC1. The summed E-state index contributed by atoms with van der Waals surface area (Å²) in [6.07, 6.45) is 14.4. The highest BCUT2D eigenvalue weighted by molar-refractivity contribution is 5.99. The second-order valence-electron chi connectivity index (χ2n) is 9.69. The first kappa shape index (κ1) is 18.7. The van der Waals surface area contributed by atoms with Crippen LogP contribution in [0.4, 0.5) is 0 Å². The Bertz CT molecular complexity index is 1190. The van der Waals surface area contributed by atoms with Gasteiger partial charge in [-0.3, -0.25) is 19.4 Å². The number of fused-ring (bicyclic) bond motifs is 2. The maximum absolute atomic E-state index is 12.2. The summed E-state index contributed by atoms with van der Waals surface area (Å²) in [5.41, 5.74) is 8.31. The molecule has 0 unspecified atom stereocenters. The lowest BCUT2D eigenvalue weighted by molar-refractivity contribution is 0.0966. The van der Waals surface area contributed by atoms with Crippen LogP contribution in [0.3, 0.4) is 0 Å². The molecule has 6 heteroatoms. The molecule has 31 heavy (non-hydrogen) atoms. The normalized spacial score (nSPS) is 18.8. The van der Waals surface area contributed by atoms with Crippen LogP contribution < -0.4 is 5.32 Å². The first-order chi connectivity index (χ1) is 15.1. The average Bonchev–Trinajstić information content (AvgIpc) is 3.55. The number of carbonyl (C=O) groups is 1. The van der Waals surface area contributed by atoms with Gasteiger partial charge in [0.05, 0.1) is 29.7 Å². The predicted octanol–water partition coefficient (Wildman–Crippen LogP) is 4.32. The van der Waals surface area contributed by atoms with Gasteiger partial charge in [0.25, 0.3) is 5.91 Å².